The molecule has 0 N–H and O–H groups in total. The van der Waals surface area contributed by atoms with Crippen LogP contribution in [0.2, 0.25) is 0 Å². The highest BCUT2D eigenvalue weighted by molar-refractivity contribution is 5.75. The molecule has 0 bridgehead atoms. The van der Waals surface area contributed by atoms with Crippen molar-refractivity contribution in [1.82, 2.24) is 4.90 Å². The molecule has 1 fully saturated rings. The fourth-order valence-electron chi connectivity index (χ4n) is 6.73. The fraction of sp³-hybridized carbons (Fsp3) is 0.375. The topological polar surface area (TPSA) is 3.24 Å². The zero-order valence-corrected chi connectivity index (χ0v) is 20.3. The lowest BCUT2D eigenvalue weighted by molar-refractivity contribution is 0.244. The molecule has 1 atom stereocenters. The van der Waals surface area contributed by atoms with Crippen LogP contribution in [0.3, 0.4) is 0 Å². The van der Waals surface area contributed by atoms with Crippen LogP contribution in [0.25, 0.3) is 11.6 Å². The third-order valence-corrected chi connectivity index (χ3v) is 8.59. The van der Waals surface area contributed by atoms with Gasteiger partial charge in [0.05, 0.1) is 0 Å². The number of hydrogen-bond acceptors (Lipinski definition) is 1. The Labute approximate surface area is 200 Å². The third-order valence-electron chi connectivity index (χ3n) is 8.59. The molecular weight excluding hydrogens is 398 g/mol. The van der Waals surface area contributed by atoms with Gasteiger partial charge in [-0.05, 0) is 41.5 Å². The van der Waals surface area contributed by atoms with Crippen LogP contribution >= 0.6 is 0 Å². The van der Waals surface area contributed by atoms with E-state index < -0.39 is 0 Å². The van der Waals surface area contributed by atoms with E-state index in [0.29, 0.717) is 5.92 Å². The summed E-state index contributed by atoms with van der Waals surface area (Å²) in [4.78, 5) is 2.60. The van der Waals surface area contributed by atoms with Gasteiger partial charge in [0, 0.05) is 35.5 Å². The van der Waals surface area contributed by atoms with Crippen molar-refractivity contribution in [3.8, 4) is 0 Å². The molecule has 1 heterocycles. The van der Waals surface area contributed by atoms with E-state index in [1.165, 1.54) is 53.6 Å². The Balaban J connectivity index is 1.40. The molecule has 0 saturated heterocycles. The van der Waals surface area contributed by atoms with E-state index in [1.807, 2.05) is 6.08 Å². The van der Waals surface area contributed by atoms with E-state index in [-0.39, 0.29) is 10.8 Å². The average Bonchev–Trinajstić information content (AvgIpc) is 3.35. The molecule has 1 aliphatic heterocycles. The molecule has 1 unspecified atom stereocenters. The Kier molecular flexibility index (Phi) is 5.69. The standard InChI is InChI=1S/C32H37N/c1-5-25-13-15-26(16-14-25)29-18-17-27-23-33(22-19-30(27)31(29,3)4)24(2)32(20-9-10-21-32)28-11-7-6-8-12-28/h5-8,11-16,18-19,27H,1-2,9-10,17,20-23H2,3-4H3. The molecule has 0 aromatic heterocycles. The summed E-state index contributed by atoms with van der Waals surface area (Å²) in [5.41, 5.74) is 8.55. The van der Waals surface area contributed by atoms with Crippen molar-refractivity contribution in [3.63, 3.8) is 0 Å². The lowest BCUT2D eigenvalue weighted by Crippen LogP contribution is -2.44. The minimum atomic E-state index is 0.0521. The summed E-state index contributed by atoms with van der Waals surface area (Å²) in [7, 11) is 0. The molecule has 2 aliphatic carbocycles. The minimum absolute atomic E-state index is 0.0521. The number of benzene rings is 2. The SMILES string of the molecule is C=Cc1ccc(C2=CCC3CN(C(=C)C4(c5ccccc5)CCCC4)CC=C3C2(C)C)cc1. The summed E-state index contributed by atoms with van der Waals surface area (Å²) in [6, 6.07) is 20.0. The lowest BCUT2D eigenvalue weighted by atomic mass is 9.64. The normalized spacial score (nSPS) is 23.3. The Morgan fingerprint density at radius 3 is 2.33 bits per heavy atom. The summed E-state index contributed by atoms with van der Waals surface area (Å²) in [5.74, 6) is 0.566. The van der Waals surface area contributed by atoms with E-state index in [4.69, 9.17) is 6.58 Å². The van der Waals surface area contributed by atoms with Gasteiger partial charge in [0.15, 0.2) is 0 Å². The van der Waals surface area contributed by atoms with E-state index in [0.717, 1.165) is 19.5 Å². The predicted molar refractivity (Wildman–Crippen MR) is 142 cm³/mol. The highest BCUT2D eigenvalue weighted by Gasteiger charge is 2.43. The first-order valence-electron chi connectivity index (χ1n) is 12.6. The van der Waals surface area contributed by atoms with Crippen LogP contribution in [0.4, 0.5) is 0 Å². The number of hydrogen-bond donors (Lipinski definition) is 0. The molecule has 0 spiro atoms. The Morgan fingerprint density at radius 1 is 0.970 bits per heavy atom. The zero-order valence-electron chi connectivity index (χ0n) is 20.3. The van der Waals surface area contributed by atoms with Crippen molar-refractivity contribution < 1.29 is 0 Å². The van der Waals surface area contributed by atoms with Gasteiger partial charge in [0.2, 0.25) is 0 Å². The first-order valence-corrected chi connectivity index (χ1v) is 12.6. The number of rotatable bonds is 5. The molecule has 33 heavy (non-hydrogen) atoms. The minimum Gasteiger partial charge on any atom is -0.370 e. The van der Waals surface area contributed by atoms with Gasteiger partial charge in [-0.1, -0.05) is 118 Å². The molecule has 5 rings (SSSR count). The maximum absolute atomic E-state index is 4.73. The number of nitrogens with zero attached hydrogens (tertiary/aromatic N) is 1. The van der Waals surface area contributed by atoms with Crippen molar-refractivity contribution in [2.75, 3.05) is 13.1 Å². The van der Waals surface area contributed by atoms with Crippen LogP contribution in [0, 0.1) is 11.3 Å². The van der Waals surface area contributed by atoms with Crippen molar-refractivity contribution in [1.29, 1.82) is 0 Å². The van der Waals surface area contributed by atoms with Crippen molar-refractivity contribution in [2.24, 2.45) is 11.3 Å². The highest BCUT2D eigenvalue weighted by Crippen LogP contribution is 2.52. The Hall–Kier alpha value is -2.80. The van der Waals surface area contributed by atoms with Crippen molar-refractivity contribution in [2.45, 2.75) is 51.4 Å². The molecule has 1 saturated carbocycles. The Morgan fingerprint density at radius 2 is 1.67 bits per heavy atom. The number of fused-ring (bicyclic) bond motifs is 1. The molecule has 2 aromatic carbocycles. The van der Waals surface area contributed by atoms with E-state index in [1.54, 1.807) is 5.57 Å². The summed E-state index contributed by atoms with van der Waals surface area (Å²) < 4.78 is 0. The quantitative estimate of drug-likeness (QED) is 0.430. The average molecular weight is 436 g/mol. The maximum Gasteiger partial charge on any atom is 0.0359 e. The molecule has 3 aliphatic rings. The smallest absolute Gasteiger partial charge is 0.0359 e. The molecule has 0 amide bonds. The summed E-state index contributed by atoms with van der Waals surface area (Å²) in [6.07, 6.45) is 13.1. The van der Waals surface area contributed by atoms with Crippen LogP contribution in [-0.4, -0.2) is 18.0 Å². The van der Waals surface area contributed by atoms with Gasteiger partial charge in [-0.25, -0.2) is 0 Å². The van der Waals surface area contributed by atoms with Gasteiger partial charge in [0.25, 0.3) is 0 Å². The molecule has 1 heteroatoms. The lowest BCUT2D eigenvalue weighted by Gasteiger charge is -2.48. The monoisotopic (exact) mass is 435 g/mol. The summed E-state index contributed by atoms with van der Waals surface area (Å²) in [5, 5.41) is 0. The Bertz CT molecular complexity index is 1090. The van der Waals surface area contributed by atoms with Gasteiger partial charge in [-0.2, -0.15) is 0 Å². The molecule has 0 radical (unpaired) electrons. The van der Waals surface area contributed by atoms with Gasteiger partial charge < -0.3 is 4.90 Å². The van der Waals surface area contributed by atoms with Gasteiger partial charge in [-0.15, -0.1) is 0 Å². The first-order chi connectivity index (χ1) is 16.0. The number of allylic oxidation sites excluding steroid dienone is 3. The van der Waals surface area contributed by atoms with Crippen LogP contribution in [0.1, 0.15) is 62.6 Å². The van der Waals surface area contributed by atoms with Crippen LogP contribution in [0.15, 0.2) is 91.2 Å². The summed E-state index contributed by atoms with van der Waals surface area (Å²) >= 11 is 0. The first kappa shape index (κ1) is 22.0. The third kappa shape index (κ3) is 3.72. The fourth-order valence-corrected chi connectivity index (χ4v) is 6.73. The van der Waals surface area contributed by atoms with E-state index in [2.05, 4.69) is 92.1 Å². The molecule has 1 nitrogen and oxygen atoms in total. The molecule has 170 valence electrons. The van der Waals surface area contributed by atoms with Crippen LogP contribution in [-0.2, 0) is 5.41 Å². The largest absolute Gasteiger partial charge is 0.370 e. The molecular formula is C32H37N. The van der Waals surface area contributed by atoms with E-state index in [9.17, 15) is 0 Å². The van der Waals surface area contributed by atoms with Crippen LogP contribution < -0.4 is 0 Å². The molecule has 2 aromatic rings. The zero-order chi connectivity index (χ0) is 23.1. The van der Waals surface area contributed by atoms with Crippen molar-refractivity contribution >= 4 is 11.6 Å². The van der Waals surface area contributed by atoms with E-state index >= 15 is 0 Å². The van der Waals surface area contributed by atoms with Gasteiger partial charge in [0.1, 0.15) is 0 Å². The second-order valence-corrected chi connectivity index (χ2v) is 10.7. The summed E-state index contributed by atoms with van der Waals surface area (Å²) in [6.45, 7) is 15.5. The highest BCUT2D eigenvalue weighted by atomic mass is 15.2. The maximum atomic E-state index is 4.73. The van der Waals surface area contributed by atoms with Gasteiger partial charge >= 0.3 is 0 Å². The van der Waals surface area contributed by atoms with Gasteiger partial charge in [-0.3, -0.25) is 0 Å². The predicted octanol–water partition coefficient (Wildman–Crippen LogP) is 8.03. The van der Waals surface area contributed by atoms with Crippen molar-refractivity contribution in [3.05, 3.63) is 108 Å². The van der Waals surface area contributed by atoms with Crippen LogP contribution in [0.5, 0.6) is 0 Å². The second kappa shape index (κ2) is 8.52. The second-order valence-electron chi connectivity index (χ2n) is 10.7.